The minimum Gasteiger partial charge on any atom is -0.333 e. The molecular formula is C20H13ClN4O3S2. The molecule has 0 saturated carbocycles. The van der Waals surface area contributed by atoms with Gasteiger partial charge in [0.25, 0.3) is 15.9 Å². The van der Waals surface area contributed by atoms with Gasteiger partial charge in [-0.15, -0.1) is 11.3 Å². The monoisotopic (exact) mass is 456 g/mol. The second-order valence-electron chi connectivity index (χ2n) is 6.26. The first-order valence-electron chi connectivity index (χ1n) is 8.59. The van der Waals surface area contributed by atoms with E-state index in [1.54, 1.807) is 43.3 Å². The number of benzene rings is 2. The van der Waals surface area contributed by atoms with Crippen LogP contribution in [0.5, 0.6) is 0 Å². The molecule has 0 amide bonds. The van der Waals surface area contributed by atoms with Crippen LogP contribution in [0.2, 0.25) is 5.02 Å². The highest BCUT2D eigenvalue weighted by molar-refractivity contribution is 7.93. The van der Waals surface area contributed by atoms with Gasteiger partial charge in [0.05, 0.1) is 16.5 Å². The van der Waals surface area contributed by atoms with Gasteiger partial charge in [-0.25, -0.2) is 8.42 Å². The molecule has 1 N–H and O–H groups in total. The molecule has 0 radical (unpaired) electrons. The molecule has 0 bridgehead atoms. The predicted octanol–water partition coefficient (Wildman–Crippen LogP) is 5.10. The van der Waals surface area contributed by atoms with Crippen LogP contribution < -0.4 is 4.72 Å². The fraction of sp³-hybridized carbons (Fsp3) is 0.0500. The maximum absolute atomic E-state index is 12.8. The zero-order chi connectivity index (χ0) is 21.3. The largest absolute Gasteiger partial charge is 0.333 e. The van der Waals surface area contributed by atoms with Crippen LogP contribution in [0.25, 0.3) is 22.2 Å². The van der Waals surface area contributed by atoms with Gasteiger partial charge in [-0.1, -0.05) is 16.8 Å². The standard InChI is InChI=1S/C20H13ClN4O3S2/c1-12-18(30(26,27)25-16-8-2-13(11-22)3-9-16)10-17(29-12)20-23-19(24-28-20)14-4-6-15(21)7-5-14/h2-10,25H,1H3. The van der Waals surface area contributed by atoms with Gasteiger partial charge in [-0.2, -0.15) is 10.2 Å². The molecule has 0 atom stereocenters. The Morgan fingerprint density at radius 3 is 2.50 bits per heavy atom. The average molecular weight is 457 g/mol. The summed E-state index contributed by atoms with van der Waals surface area (Å²) >= 11 is 7.14. The van der Waals surface area contributed by atoms with E-state index in [2.05, 4.69) is 14.9 Å². The third-order valence-electron chi connectivity index (χ3n) is 4.17. The fourth-order valence-corrected chi connectivity index (χ4v) is 5.40. The van der Waals surface area contributed by atoms with E-state index in [1.807, 2.05) is 6.07 Å². The molecule has 4 aromatic rings. The summed E-state index contributed by atoms with van der Waals surface area (Å²) in [5.41, 5.74) is 1.54. The third kappa shape index (κ3) is 4.07. The number of hydrogen-bond acceptors (Lipinski definition) is 7. The van der Waals surface area contributed by atoms with Gasteiger partial charge in [0, 0.05) is 21.2 Å². The van der Waals surface area contributed by atoms with Gasteiger partial charge in [-0.05, 0) is 61.5 Å². The van der Waals surface area contributed by atoms with E-state index < -0.39 is 10.0 Å². The summed E-state index contributed by atoms with van der Waals surface area (Å²) in [6, 6.07) is 16.6. The Balaban J connectivity index is 1.61. The highest BCUT2D eigenvalue weighted by atomic mass is 35.5. The van der Waals surface area contributed by atoms with Crippen LogP contribution in [-0.4, -0.2) is 18.6 Å². The minimum atomic E-state index is -3.83. The SMILES string of the molecule is Cc1sc(-c2nc(-c3ccc(Cl)cc3)no2)cc1S(=O)(=O)Nc1ccc(C#N)cc1. The first-order chi connectivity index (χ1) is 14.4. The van der Waals surface area contributed by atoms with E-state index >= 15 is 0 Å². The van der Waals surface area contributed by atoms with Crippen molar-refractivity contribution in [2.24, 2.45) is 0 Å². The summed E-state index contributed by atoms with van der Waals surface area (Å²) in [5, 5.41) is 13.4. The smallest absolute Gasteiger partial charge is 0.268 e. The summed E-state index contributed by atoms with van der Waals surface area (Å²) in [6.07, 6.45) is 0. The molecule has 10 heteroatoms. The van der Waals surface area contributed by atoms with Crippen LogP contribution in [0, 0.1) is 18.3 Å². The van der Waals surface area contributed by atoms with Gasteiger partial charge < -0.3 is 4.52 Å². The molecule has 0 aliphatic rings. The van der Waals surface area contributed by atoms with E-state index in [9.17, 15) is 8.42 Å². The number of aryl methyl sites for hydroxylation is 1. The van der Waals surface area contributed by atoms with Crippen molar-refractivity contribution in [3.05, 3.63) is 70.1 Å². The lowest BCUT2D eigenvalue weighted by atomic mass is 10.2. The molecule has 0 fully saturated rings. The molecule has 4 rings (SSSR count). The number of nitrogens with zero attached hydrogens (tertiary/aromatic N) is 3. The molecule has 30 heavy (non-hydrogen) atoms. The molecule has 2 heterocycles. The van der Waals surface area contributed by atoms with E-state index in [-0.39, 0.29) is 10.8 Å². The van der Waals surface area contributed by atoms with E-state index in [1.165, 1.54) is 29.5 Å². The summed E-state index contributed by atoms with van der Waals surface area (Å²) in [7, 11) is -3.83. The van der Waals surface area contributed by atoms with Crippen molar-refractivity contribution in [2.75, 3.05) is 4.72 Å². The number of rotatable bonds is 5. The van der Waals surface area contributed by atoms with Crippen LogP contribution in [0.1, 0.15) is 10.4 Å². The number of thiophene rings is 1. The number of aromatic nitrogens is 2. The van der Waals surface area contributed by atoms with E-state index in [0.717, 1.165) is 5.56 Å². The Morgan fingerprint density at radius 1 is 1.13 bits per heavy atom. The van der Waals surface area contributed by atoms with Crippen LogP contribution in [0.15, 0.2) is 64.0 Å². The van der Waals surface area contributed by atoms with Crippen molar-refractivity contribution < 1.29 is 12.9 Å². The van der Waals surface area contributed by atoms with E-state index in [4.69, 9.17) is 21.4 Å². The van der Waals surface area contributed by atoms with Crippen molar-refractivity contribution in [1.29, 1.82) is 5.26 Å². The van der Waals surface area contributed by atoms with Crippen LogP contribution >= 0.6 is 22.9 Å². The van der Waals surface area contributed by atoms with Crippen molar-refractivity contribution in [2.45, 2.75) is 11.8 Å². The number of anilines is 1. The Hall–Kier alpha value is -3.19. The molecular weight excluding hydrogens is 444 g/mol. The van der Waals surface area contributed by atoms with Gasteiger partial charge in [0.2, 0.25) is 5.82 Å². The molecule has 0 aliphatic heterocycles. The lowest BCUT2D eigenvalue weighted by molar-refractivity contribution is 0.433. The van der Waals surface area contributed by atoms with Gasteiger partial charge in [0.15, 0.2) is 0 Å². The molecule has 150 valence electrons. The normalized spacial score (nSPS) is 11.2. The highest BCUT2D eigenvalue weighted by Gasteiger charge is 2.23. The van der Waals surface area contributed by atoms with Gasteiger partial charge in [-0.3, -0.25) is 4.72 Å². The van der Waals surface area contributed by atoms with Crippen molar-refractivity contribution in [1.82, 2.24) is 10.1 Å². The fourth-order valence-electron chi connectivity index (χ4n) is 2.70. The Kier molecular flexibility index (Phi) is 5.30. The topological polar surface area (TPSA) is 109 Å². The Bertz CT molecular complexity index is 1350. The highest BCUT2D eigenvalue weighted by Crippen LogP contribution is 2.34. The summed E-state index contributed by atoms with van der Waals surface area (Å²) in [5.74, 6) is 0.612. The Labute approximate surface area is 181 Å². The molecule has 0 unspecified atom stereocenters. The average Bonchev–Trinajstić information content (AvgIpc) is 3.36. The Morgan fingerprint density at radius 2 is 1.83 bits per heavy atom. The number of sulfonamides is 1. The summed E-state index contributed by atoms with van der Waals surface area (Å²) in [4.78, 5) is 5.61. The molecule has 7 nitrogen and oxygen atoms in total. The third-order valence-corrected chi connectivity index (χ3v) is 7.09. The van der Waals surface area contributed by atoms with Crippen LogP contribution in [-0.2, 0) is 10.0 Å². The van der Waals surface area contributed by atoms with Crippen molar-refractivity contribution in [3.63, 3.8) is 0 Å². The molecule has 2 aromatic carbocycles. The zero-order valence-corrected chi connectivity index (χ0v) is 17.8. The zero-order valence-electron chi connectivity index (χ0n) is 15.5. The maximum atomic E-state index is 12.8. The minimum absolute atomic E-state index is 0.123. The molecule has 0 aliphatic carbocycles. The maximum Gasteiger partial charge on any atom is 0.268 e. The summed E-state index contributed by atoms with van der Waals surface area (Å²) < 4.78 is 33.5. The number of hydrogen-bond donors (Lipinski definition) is 1. The lowest BCUT2D eigenvalue weighted by Gasteiger charge is -2.07. The quantitative estimate of drug-likeness (QED) is 0.447. The van der Waals surface area contributed by atoms with Crippen LogP contribution in [0.3, 0.4) is 0 Å². The van der Waals surface area contributed by atoms with Crippen LogP contribution in [0.4, 0.5) is 5.69 Å². The number of nitriles is 1. The number of halogens is 1. The van der Waals surface area contributed by atoms with Crippen molar-refractivity contribution in [3.8, 4) is 28.2 Å². The first-order valence-corrected chi connectivity index (χ1v) is 11.3. The molecule has 2 aromatic heterocycles. The summed E-state index contributed by atoms with van der Waals surface area (Å²) in [6.45, 7) is 1.71. The lowest BCUT2D eigenvalue weighted by Crippen LogP contribution is -2.13. The second-order valence-corrected chi connectivity index (χ2v) is 9.60. The predicted molar refractivity (Wildman–Crippen MR) is 115 cm³/mol. The molecule has 0 saturated heterocycles. The number of nitrogens with one attached hydrogen (secondary N) is 1. The van der Waals surface area contributed by atoms with Crippen molar-refractivity contribution >= 4 is 38.6 Å². The van der Waals surface area contributed by atoms with E-state index in [0.29, 0.717) is 31.9 Å². The first kappa shape index (κ1) is 20.1. The van der Waals surface area contributed by atoms with Gasteiger partial charge >= 0.3 is 0 Å². The van der Waals surface area contributed by atoms with Gasteiger partial charge in [0.1, 0.15) is 4.90 Å². The second kappa shape index (κ2) is 7.91. The molecule has 0 spiro atoms.